The van der Waals surface area contributed by atoms with E-state index in [1.165, 1.54) is 5.56 Å². The van der Waals surface area contributed by atoms with Crippen molar-refractivity contribution in [2.75, 3.05) is 0 Å². The summed E-state index contributed by atoms with van der Waals surface area (Å²) in [7, 11) is 0. The van der Waals surface area contributed by atoms with Crippen molar-refractivity contribution < 1.29 is 9.53 Å². The third-order valence-corrected chi connectivity index (χ3v) is 4.03. The molecule has 1 aromatic heterocycles. The predicted octanol–water partition coefficient (Wildman–Crippen LogP) is 4.69. The van der Waals surface area contributed by atoms with E-state index in [4.69, 9.17) is 4.74 Å². The minimum absolute atomic E-state index is 0.287. The molecule has 1 unspecified atom stereocenters. The van der Waals surface area contributed by atoms with Gasteiger partial charge in [-0.1, -0.05) is 48.5 Å². The number of carbonyl (C=O) groups is 1. The van der Waals surface area contributed by atoms with E-state index in [1.807, 2.05) is 74.1 Å². The molecular weight excluding hydrogens is 326 g/mol. The second kappa shape index (κ2) is 7.60. The highest BCUT2D eigenvalue weighted by atomic mass is 16.6. The molecule has 0 aliphatic carbocycles. The Morgan fingerprint density at radius 1 is 1.12 bits per heavy atom. The van der Waals surface area contributed by atoms with Crippen molar-refractivity contribution in [2.24, 2.45) is 0 Å². The maximum absolute atomic E-state index is 12.3. The van der Waals surface area contributed by atoms with Crippen LogP contribution in [0, 0.1) is 0 Å². The van der Waals surface area contributed by atoms with Crippen LogP contribution in [-0.4, -0.2) is 21.5 Å². The summed E-state index contributed by atoms with van der Waals surface area (Å²) >= 11 is 0. The van der Waals surface area contributed by atoms with Crippen LogP contribution < -0.4 is 5.32 Å². The van der Waals surface area contributed by atoms with Crippen LogP contribution in [0.5, 0.6) is 0 Å². The first-order valence-corrected chi connectivity index (χ1v) is 8.88. The second-order valence-corrected chi connectivity index (χ2v) is 7.33. The molecule has 0 fully saturated rings. The number of ether oxygens (including phenoxy) is 1. The van der Waals surface area contributed by atoms with E-state index in [2.05, 4.69) is 22.5 Å². The van der Waals surface area contributed by atoms with E-state index < -0.39 is 11.7 Å². The fourth-order valence-electron chi connectivity index (χ4n) is 2.89. The average molecular weight is 351 g/mol. The number of aromatic nitrogens is 2. The molecule has 0 radical (unpaired) electrons. The molecule has 0 saturated carbocycles. The highest BCUT2D eigenvalue weighted by Crippen LogP contribution is 2.20. The third-order valence-electron chi connectivity index (χ3n) is 4.03. The number of nitrogens with zero attached hydrogens (tertiary/aromatic N) is 2. The Morgan fingerprint density at radius 2 is 1.81 bits per heavy atom. The molecule has 1 heterocycles. The molecule has 3 rings (SSSR count). The Labute approximate surface area is 154 Å². The minimum atomic E-state index is -0.541. The number of alkyl carbamates (subject to hydrolysis) is 1. The lowest BCUT2D eigenvalue weighted by atomic mass is 10.1. The number of rotatable bonds is 5. The molecule has 136 valence electrons. The maximum Gasteiger partial charge on any atom is 0.409 e. The molecule has 3 aromatic rings. The first-order chi connectivity index (χ1) is 12.4. The number of hydrogen-bond donors (Lipinski definition) is 1. The third kappa shape index (κ3) is 4.63. The summed E-state index contributed by atoms with van der Waals surface area (Å²) in [5.74, 6) is 0. The summed E-state index contributed by atoms with van der Waals surface area (Å²) in [6, 6.07) is 18.2. The molecule has 1 amide bonds. The second-order valence-electron chi connectivity index (χ2n) is 7.33. The van der Waals surface area contributed by atoms with E-state index in [0.717, 1.165) is 23.7 Å². The van der Waals surface area contributed by atoms with Crippen LogP contribution in [-0.2, 0) is 11.2 Å². The van der Waals surface area contributed by atoms with Gasteiger partial charge in [0.25, 0.3) is 0 Å². The van der Waals surface area contributed by atoms with Crippen LogP contribution in [0.25, 0.3) is 10.9 Å². The van der Waals surface area contributed by atoms with Crippen LogP contribution in [0.15, 0.2) is 60.8 Å². The predicted molar refractivity (Wildman–Crippen MR) is 103 cm³/mol. The van der Waals surface area contributed by atoms with Crippen molar-refractivity contribution in [1.82, 2.24) is 15.1 Å². The smallest absolute Gasteiger partial charge is 0.409 e. The number of benzene rings is 2. The standard InChI is InChI=1S/C21H25N3O2/c1-21(2,3)26-20(25)23-19(14-13-16-9-5-4-6-10-16)24-18-12-8-7-11-17(18)15-22-24/h4-12,15,19H,13-14H2,1-3H3,(H,23,25). The van der Waals surface area contributed by atoms with Gasteiger partial charge in [0.1, 0.15) is 11.8 Å². The monoisotopic (exact) mass is 351 g/mol. The summed E-state index contributed by atoms with van der Waals surface area (Å²) in [6.45, 7) is 5.57. The Kier molecular flexibility index (Phi) is 5.26. The lowest BCUT2D eigenvalue weighted by molar-refractivity contribution is 0.0474. The highest BCUT2D eigenvalue weighted by Gasteiger charge is 2.22. The van der Waals surface area contributed by atoms with E-state index in [9.17, 15) is 4.79 Å². The van der Waals surface area contributed by atoms with Crippen molar-refractivity contribution in [3.05, 3.63) is 66.4 Å². The van der Waals surface area contributed by atoms with Gasteiger partial charge in [-0.2, -0.15) is 5.10 Å². The Morgan fingerprint density at radius 3 is 2.54 bits per heavy atom. The van der Waals surface area contributed by atoms with Gasteiger partial charge in [0.15, 0.2) is 0 Å². The van der Waals surface area contributed by atoms with Crippen molar-refractivity contribution in [3.8, 4) is 0 Å². The van der Waals surface area contributed by atoms with Gasteiger partial charge in [0.05, 0.1) is 11.7 Å². The van der Waals surface area contributed by atoms with Crippen molar-refractivity contribution >= 4 is 17.0 Å². The van der Waals surface area contributed by atoms with Gasteiger partial charge < -0.3 is 4.74 Å². The Balaban J connectivity index is 1.82. The quantitative estimate of drug-likeness (QED) is 0.725. The van der Waals surface area contributed by atoms with Gasteiger partial charge in [0, 0.05) is 5.39 Å². The van der Waals surface area contributed by atoms with Crippen molar-refractivity contribution in [3.63, 3.8) is 0 Å². The molecule has 26 heavy (non-hydrogen) atoms. The SMILES string of the molecule is CC(C)(C)OC(=O)NC(CCc1ccccc1)n1ncc2ccccc21. The molecular formula is C21H25N3O2. The zero-order valence-electron chi connectivity index (χ0n) is 15.5. The lowest BCUT2D eigenvalue weighted by Crippen LogP contribution is -2.37. The fraction of sp³-hybridized carbons (Fsp3) is 0.333. The van der Waals surface area contributed by atoms with Crippen molar-refractivity contribution in [1.29, 1.82) is 0 Å². The number of para-hydroxylation sites is 1. The molecule has 0 saturated heterocycles. The summed E-state index contributed by atoms with van der Waals surface area (Å²) in [6.07, 6.45) is 2.64. The summed E-state index contributed by atoms with van der Waals surface area (Å²) < 4.78 is 7.30. The number of nitrogens with one attached hydrogen (secondary N) is 1. The molecule has 5 nitrogen and oxygen atoms in total. The number of hydrogen-bond acceptors (Lipinski definition) is 3. The molecule has 1 atom stereocenters. The van der Waals surface area contributed by atoms with E-state index in [1.54, 1.807) is 0 Å². The van der Waals surface area contributed by atoms with Crippen LogP contribution >= 0.6 is 0 Å². The zero-order valence-corrected chi connectivity index (χ0v) is 15.5. The van der Waals surface area contributed by atoms with Gasteiger partial charge in [-0.3, -0.25) is 5.32 Å². The van der Waals surface area contributed by atoms with E-state index in [0.29, 0.717) is 0 Å². The topological polar surface area (TPSA) is 56.1 Å². The minimum Gasteiger partial charge on any atom is -0.444 e. The number of fused-ring (bicyclic) bond motifs is 1. The average Bonchev–Trinajstić information content (AvgIpc) is 3.02. The van der Waals surface area contributed by atoms with Gasteiger partial charge in [-0.15, -0.1) is 0 Å². The number of carbonyl (C=O) groups excluding carboxylic acids is 1. The molecule has 0 aliphatic rings. The van der Waals surface area contributed by atoms with E-state index in [-0.39, 0.29) is 6.17 Å². The lowest BCUT2D eigenvalue weighted by Gasteiger charge is -2.24. The molecule has 0 bridgehead atoms. The zero-order chi connectivity index (χ0) is 18.6. The van der Waals surface area contributed by atoms with Crippen LogP contribution in [0.1, 0.15) is 38.9 Å². The Hall–Kier alpha value is -2.82. The van der Waals surface area contributed by atoms with Crippen LogP contribution in [0.2, 0.25) is 0 Å². The largest absolute Gasteiger partial charge is 0.444 e. The highest BCUT2D eigenvalue weighted by molar-refractivity contribution is 5.78. The normalized spacial score (nSPS) is 12.7. The molecule has 5 heteroatoms. The first kappa shape index (κ1) is 18.0. The number of amides is 1. The van der Waals surface area contributed by atoms with Crippen LogP contribution in [0.4, 0.5) is 4.79 Å². The van der Waals surface area contributed by atoms with Gasteiger partial charge >= 0.3 is 6.09 Å². The summed E-state index contributed by atoms with van der Waals surface area (Å²) in [5.41, 5.74) is 1.67. The maximum atomic E-state index is 12.3. The summed E-state index contributed by atoms with van der Waals surface area (Å²) in [5, 5.41) is 8.53. The van der Waals surface area contributed by atoms with E-state index >= 15 is 0 Å². The van der Waals surface area contributed by atoms with Gasteiger partial charge in [-0.05, 0) is 45.2 Å². The summed E-state index contributed by atoms with van der Waals surface area (Å²) in [4.78, 5) is 12.3. The van der Waals surface area contributed by atoms with Gasteiger partial charge in [0.2, 0.25) is 0 Å². The number of aryl methyl sites for hydroxylation is 1. The first-order valence-electron chi connectivity index (χ1n) is 8.88. The molecule has 0 aliphatic heterocycles. The molecule has 0 spiro atoms. The van der Waals surface area contributed by atoms with Crippen molar-refractivity contribution in [2.45, 2.75) is 45.4 Å². The fourth-order valence-corrected chi connectivity index (χ4v) is 2.89. The van der Waals surface area contributed by atoms with Crippen LogP contribution in [0.3, 0.4) is 0 Å². The molecule has 1 N–H and O–H groups in total. The van der Waals surface area contributed by atoms with Gasteiger partial charge in [-0.25, -0.2) is 9.48 Å². The Bertz CT molecular complexity index is 866. The molecule has 2 aromatic carbocycles.